The summed E-state index contributed by atoms with van der Waals surface area (Å²) in [5.74, 6) is 0.825. The summed E-state index contributed by atoms with van der Waals surface area (Å²) in [5, 5.41) is 10.4. The van der Waals surface area contributed by atoms with Crippen LogP contribution in [0.4, 0.5) is 0 Å². The van der Waals surface area contributed by atoms with Crippen molar-refractivity contribution in [1.29, 1.82) is 0 Å². The van der Waals surface area contributed by atoms with Crippen molar-refractivity contribution in [3.8, 4) is 0 Å². The molecule has 0 aromatic heterocycles. The molecule has 1 aliphatic rings. The largest absolute Gasteiger partial charge is 0.395 e. The second-order valence-corrected chi connectivity index (χ2v) is 2.74. The second kappa shape index (κ2) is 3.91. The zero-order valence-electron chi connectivity index (χ0n) is 6.42. The third kappa shape index (κ3) is 2.64. The topological polar surface area (TPSA) is 32.7 Å². The molecule has 1 rings (SSSR count). The second-order valence-electron chi connectivity index (χ2n) is 2.74. The number of nitrogens with zero attached hydrogens (tertiary/aromatic N) is 1. The van der Waals surface area contributed by atoms with Gasteiger partial charge in [0, 0.05) is 13.1 Å². The molecule has 3 heteroatoms. The molecule has 1 aliphatic carbocycles. The molecule has 1 fully saturated rings. The Kier molecular flexibility index (Phi) is 3.12. The Hall–Kier alpha value is -0.120. The highest BCUT2D eigenvalue weighted by Crippen LogP contribution is 2.29. The molecule has 0 unspecified atom stereocenters. The first-order valence-electron chi connectivity index (χ1n) is 3.76. The van der Waals surface area contributed by atoms with Crippen LogP contribution >= 0.6 is 0 Å². The molecule has 0 saturated heterocycles. The lowest BCUT2D eigenvalue weighted by atomic mass is 10.4. The van der Waals surface area contributed by atoms with Crippen LogP contribution in [0.1, 0.15) is 12.8 Å². The highest BCUT2D eigenvalue weighted by atomic mass is 16.7. The van der Waals surface area contributed by atoms with E-state index in [1.54, 1.807) is 7.11 Å². The maximum Gasteiger partial charge on any atom is 0.0581 e. The summed E-state index contributed by atoms with van der Waals surface area (Å²) in [4.78, 5) is 5.01. The van der Waals surface area contributed by atoms with Crippen LogP contribution in [0.5, 0.6) is 0 Å². The summed E-state index contributed by atoms with van der Waals surface area (Å²) >= 11 is 0. The van der Waals surface area contributed by atoms with Gasteiger partial charge in [-0.15, -0.1) is 0 Å². The Balaban J connectivity index is 2.05. The summed E-state index contributed by atoms with van der Waals surface area (Å²) in [6.45, 7) is 1.80. The lowest BCUT2D eigenvalue weighted by molar-refractivity contribution is -0.139. The molecule has 0 aromatic carbocycles. The van der Waals surface area contributed by atoms with E-state index in [-0.39, 0.29) is 6.61 Å². The molecule has 0 radical (unpaired) electrons. The lowest BCUT2D eigenvalue weighted by Crippen LogP contribution is -2.27. The molecule has 0 atom stereocenters. The summed E-state index contributed by atoms with van der Waals surface area (Å²) in [7, 11) is 1.65. The molecule has 60 valence electrons. The fourth-order valence-electron chi connectivity index (χ4n) is 0.957. The van der Waals surface area contributed by atoms with Gasteiger partial charge in [0.25, 0.3) is 0 Å². The van der Waals surface area contributed by atoms with E-state index in [2.05, 4.69) is 0 Å². The van der Waals surface area contributed by atoms with E-state index < -0.39 is 0 Å². The van der Waals surface area contributed by atoms with Crippen LogP contribution in [0, 0.1) is 5.92 Å². The minimum Gasteiger partial charge on any atom is -0.395 e. The molecule has 0 aromatic rings. The Bertz CT molecular complexity index is 93.6. The van der Waals surface area contributed by atoms with Crippen molar-refractivity contribution in [3.05, 3.63) is 0 Å². The third-order valence-corrected chi connectivity index (χ3v) is 1.77. The number of hydroxylamine groups is 2. The molecule has 10 heavy (non-hydrogen) atoms. The Morgan fingerprint density at radius 3 is 2.70 bits per heavy atom. The first-order chi connectivity index (χ1) is 4.86. The summed E-state index contributed by atoms with van der Waals surface area (Å²) in [5.41, 5.74) is 0. The van der Waals surface area contributed by atoms with Gasteiger partial charge in [0.15, 0.2) is 0 Å². The van der Waals surface area contributed by atoms with Crippen LogP contribution in [0.2, 0.25) is 0 Å². The van der Waals surface area contributed by atoms with Gasteiger partial charge < -0.3 is 9.94 Å². The molecule has 1 N–H and O–H groups in total. The summed E-state index contributed by atoms with van der Waals surface area (Å²) in [6, 6.07) is 0. The van der Waals surface area contributed by atoms with Crippen LogP contribution in [0.3, 0.4) is 0 Å². The normalized spacial score (nSPS) is 18.3. The maximum atomic E-state index is 8.58. The predicted molar refractivity (Wildman–Crippen MR) is 38.4 cm³/mol. The average Bonchev–Trinajstić information content (AvgIpc) is 2.71. The molecule has 0 bridgehead atoms. The van der Waals surface area contributed by atoms with Crippen LogP contribution < -0.4 is 0 Å². The first-order valence-corrected chi connectivity index (χ1v) is 3.76. The van der Waals surface area contributed by atoms with E-state index in [1.807, 2.05) is 5.06 Å². The van der Waals surface area contributed by atoms with Crippen molar-refractivity contribution < 1.29 is 9.94 Å². The van der Waals surface area contributed by atoms with Gasteiger partial charge in [-0.25, -0.2) is 0 Å². The third-order valence-electron chi connectivity index (χ3n) is 1.77. The van der Waals surface area contributed by atoms with E-state index in [0.717, 1.165) is 12.5 Å². The number of hydrogen-bond acceptors (Lipinski definition) is 3. The molecular weight excluding hydrogens is 130 g/mol. The Morgan fingerprint density at radius 1 is 1.60 bits per heavy atom. The summed E-state index contributed by atoms with van der Waals surface area (Å²) in [6.07, 6.45) is 2.65. The van der Waals surface area contributed by atoms with Gasteiger partial charge in [-0.1, -0.05) is 0 Å². The number of hydrogen-bond donors (Lipinski definition) is 1. The molecule has 0 aliphatic heterocycles. The average molecular weight is 145 g/mol. The van der Waals surface area contributed by atoms with Crippen LogP contribution in [0.15, 0.2) is 0 Å². The van der Waals surface area contributed by atoms with Gasteiger partial charge in [-0.05, 0) is 18.8 Å². The summed E-state index contributed by atoms with van der Waals surface area (Å²) < 4.78 is 0. The van der Waals surface area contributed by atoms with Crippen molar-refractivity contribution in [1.82, 2.24) is 5.06 Å². The van der Waals surface area contributed by atoms with Crippen molar-refractivity contribution in [2.45, 2.75) is 12.8 Å². The standard InChI is InChI=1S/C7H15NO2/c1-10-8(4-5-9)6-7-2-3-7/h7,9H,2-6H2,1H3. The van der Waals surface area contributed by atoms with Crippen LogP contribution in [-0.2, 0) is 4.84 Å². The molecular formula is C7H15NO2. The number of aliphatic hydroxyl groups is 1. The van der Waals surface area contributed by atoms with Crippen molar-refractivity contribution in [3.63, 3.8) is 0 Å². The highest BCUT2D eigenvalue weighted by Gasteiger charge is 2.23. The maximum absolute atomic E-state index is 8.58. The number of rotatable bonds is 5. The molecule has 0 heterocycles. The van der Waals surface area contributed by atoms with E-state index in [4.69, 9.17) is 9.94 Å². The fraction of sp³-hybridized carbons (Fsp3) is 1.00. The minimum atomic E-state index is 0.181. The van der Waals surface area contributed by atoms with Crippen molar-refractivity contribution in [2.24, 2.45) is 5.92 Å². The first kappa shape index (κ1) is 7.98. The SMILES string of the molecule is CON(CCO)CC1CC1. The van der Waals surface area contributed by atoms with Gasteiger partial charge in [-0.3, -0.25) is 0 Å². The zero-order chi connectivity index (χ0) is 7.40. The predicted octanol–water partition coefficient (Wildman–Crippen LogP) is 0.252. The van der Waals surface area contributed by atoms with E-state index in [9.17, 15) is 0 Å². The quantitative estimate of drug-likeness (QED) is 0.563. The smallest absolute Gasteiger partial charge is 0.0581 e. The van der Waals surface area contributed by atoms with Crippen molar-refractivity contribution in [2.75, 3.05) is 26.8 Å². The Morgan fingerprint density at radius 2 is 2.30 bits per heavy atom. The van der Waals surface area contributed by atoms with Gasteiger partial charge >= 0.3 is 0 Å². The zero-order valence-corrected chi connectivity index (χ0v) is 6.42. The van der Waals surface area contributed by atoms with Gasteiger partial charge in [0.05, 0.1) is 13.7 Å². The van der Waals surface area contributed by atoms with Crippen LogP contribution in [0.25, 0.3) is 0 Å². The molecule has 0 amide bonds. The van der Waals surface area contributed by atoms with E-state index >= 15 is 0 Å². The molecule has 3 nitrogen and oxygen atoms in total. The number of aliphatic hydroxyl groups excluding tert-OH is 1. The minimum absolute atomic E-state index is 0.181. The van der Waals surface area contributed by atoms with Gasteiger partial charge in [-0.2, -0.15) is 5.06 Å². The van der Waals surface area contributed by atoms with E-state index in [0.29, 0.717) is 6.54 Å². The van der Waals surface area contributed by atoms with Crippen molar-refractivity contribution >= 4 is 0 Å². The van der Waals surface area contributed by atoms with Gasteiger partial charge in [0.1, 0.15) is 0 Å². The Labute approximate surface area is 61.5 Å². The fourth-order valence-corrected chi connectivity index (χ4v) is 0.957. The molecule has 1 saturated carbocycles. The molecule has 0 spiro atoms. The van der Waals surface area contributed by atoms with Gasteiger partial charge in [0.2, 0.25) is 0 Å². The lowest BCUT2D eigenvalue weighted by Gasteiger charge is -2.17. The monoisotopic (exact) mass is 145 g/mol. The van der Waals surface area contributed by atoms with Crippen LogP contribution in [-0.4, -0.2) is 37.0 Å². The highest BCUT2D eigenvalue weighted by molar-refractivity contribution is 4.74. The van der Waals surface area contributed by atoms with E-state index in [1.165, 1.54) is 12.8 Å².